The number of rotatable bonds is 3. The number of ether oxygens (including phenoxy) is 1. The summed E-state index contributed by atoms with van der Waals surface area (Å²) in [5.74, 6) is 0. The second-order valence-electron chi connectivity index (χ2n) is 4.13. The highest BCUT2D eigenvalue weighted by atomic mass is 16.6. The molecule has 1 aromatic rings. The molecule has 0 amide bonds. The number of hydrogen-bond donors (Lipinski definition) is 1. The van der Waals surface area contributed by atoms with Crippen molar-refractivity contribution in [3.8, 4) is 6.07 Å². The first kappa shape index (κ1) is 12.3. The third kappa shape index (κ3) is 2.76. The third-order valence-corrected chi connectivity index (χ3v) is 2.91. The Bertz CT molecular complexity index is 490. The van der Waals surface area contributed by atoms with Crippen molar-refractivity contribution in [1.82, 2.24) is 0 Å². The van der Waals surface area contributed by atoms with Crippen LogP contribution in [0.15, 0.2) is 18.2 Å². The van der Waals surface area contributed by atoms with E-state index in [-0.39, 0.29) is 11.3 Å². The van der Waals surface area contributed by atoms with E-state index in [1.807, 2.05) is 6.07 Å². The predicted molar refractivity (Wildman–Crippen MR) is 65.3 cm³/mol. The number of nitriles is 1. The molecule has 1 saturated heterocycles. The highest BCUT2D eigenvalue weighted by molar-refractivity contribution is 5.59. The SMILES string of the molecule is N#Cc1cc(NC2CCOCC2)ccc1[N+](=O)[O-]. The van der Waals surface area contributed by atoms with Crippen molar-refractivity contribution < 1.29 is 9.66 Å². The molecule has 0 aromatic heterocycles. The fraction of sp³-hybridized carbons (Fsp3) is 0.417. The monoisotopic (exact) mass is 247 g/mol. The van der Waals surface area contributed by atoms with Gasteiger partial charge < -0.3 is 10.1 Å². The molecule has 18 heavy (non-hydrogen) atoms. The molecule has 2 rings (SSSR count). The molecule has 94 valence electrons. The van der Waals surface area contributed by atoms with Gasteiger partial charge in [0.2, 0.25) is 0 Å². The minimum atomic E-state index is -0.545. The van der Waals surface area contributed by atoms with Crippen LogP contribution in [-0.4, -0.2) is 24.2 Å². The number of nitrogens with zero attached hydrogens (tertiary/aromatic N) is 2. The lowest BCUT2D eigenvalue weighted by molar-refractivity contribution is -0.385. The standard InChI is InChI=1S/C12H13N3O3/c13-8-9-7-11(1-2-12(9)15(16)17)14-10-3-5-18-6-4-10/h1-2,7,10,14H,3-6H2. The minimum Gasteiger partial charge on any atom is -0.382 e. The lowest BCUT2D eigenvalue weighted by atomic mass is 10.1. The van der Waals surface area contributed by atoms with Gasteiger partial charge in [-0.15, -0.1) is 0 Å². The maximum Gasteiger partial charge on any atom is 0.287 e. The zero-order valence-corrected chi connectivity index (χ0v) is 9.76. The first-order valence-electron chi connectivity index (χ1n) is 5.73. The number of hydrogen-bond acceptors (Lipinski definition) is 5. The molecule has 1 N–H and O–H groups in total. The molecule has 1 aliphatic rings. The molecule has 0 saturated carbocycles. The van der Waals surface area contributed by atoms with E-state index < -0.39 is 4.92 Å². The summed E-state index contributed by atoms with van der Waals surface area (Å²) in [7, 11) is 0. The Morgan fingerprint density at radius 2 is 2.17 bits per heavy atom. The summed E-state index contributed by atoms with van der Waals surface area (Å²) >= 11 is 0. The minimum absolute atomic E-state index is 0.0806. The van der Waals surface area contributed by atoms with E-state index in [1.54, 1.807) is 6.07 Å². The van der Waals surface area contributed by atoms with E-state index in [4.69, 9.17) is 10.00 Å². The van der Waals surface area contributed by atoms with Crippen molar-refractivity contribution in [1.29, 1.82) is 5.26 Å². The second kappa shape index (κ2) is 5.47. The van der Waals surface area contributed by atoms with Crippen LogP contribution in [-0.2, 0) is 4.74 Å². The van der Waals surface area contributed by atoms with Crippen LogP contribution in [0.2, 0.25) is 0 Å². The molecule has 1 aromatic carbocycles. The molecular weight excluding hydrogens is 234 g/mol. The maximum absolute atomic E-state index is 10.7. The van der Waals surface area contributed by atoms with Crippen molar-refractivity contribution >= 4 is 11.4 Å². The summed E-state index contributed by atoms with van der Waals surface area (Å²) in [6.07, 6.45) is 1.80. The Balaban J connectivity index is 2.14. The summed E-state index contributed by atoms with van der Waals surface area (Å²) < 4.78 is 5.25. The number of anilines is 1. The van der Waals surface area contributed by atoms with Gasteiger partial charge in [0.15, 0.2) is 0 Å². The van der Waals surface area contributed by atoms with Gasteiger partial charge in [0, 0.05) is 31.0 Å². The number of benzene rings is 1. The normalized spacial score (nSPS) is 15.9. The van der Waals surface area contributed by atoms with Crippen LogP contribution < -0.4 is 5.32 Å². The average molecular weight is 247 g/mol. The van der Waals surface area contributed by atoms with Crippen LogP contribution in [0, 0.1) is 21.4 Å². The molecular formula is C12H13N3O3. The van der Waals surface area contributed by atoms with E-state index >= 15 is 0 Å². The molecule has 0 unspecified atom stereocenters. The Morgan fingerprint density at radius 1 is 1.44 bits per heavy atom. The van der Waals surface area contributed by atoms with Gasteiger partial charge in [-0.2, -0.15) is 5.26 Å². The smallest absolute Gasteiger partial charge is 0.287 e. The Morgan fingerprint density at radius 3 is 2.78 bits per heavy atom. The van der Waals surface area contributed by atoms with Crippen molar-refractivity contribution in [3.63, 3.8) is 0 Å². The van der Waals surface area contributed by atoms with E-state index in [2.05, 4.69) is 5.32 Å². The van der Waals surface area contributed by atoms with Crippen molar-refractivity contribution in [3.05, 3.63) is 33.9 Å². The van der Waals surface area contributed by atoms with E-state index in [1.165, 1.54) is 12.1 Å². The fourth-order valence-corrected chi connectivity index (χ4v) is 1.95. The third-order valence-electron chi connectivity index (χ3n) is 2.91. The van der Waals surface area contributed by atoms with Crippen LogP contribution in [0.4, 0.5) is 11.4 Å². The number of nitro benzene ring substituents is 1. The zero-order valence-electron chi connectivity index (χ0n) is 9.76. The van der Waals surface area contributed by atoms with Gasteiger partial charge in [0.25, 0.3) is 5.69 Å². The van der Waals surface area contributed by atoms with Crippen molar-refractivity contribution in [2.45, 2.75) is 18.9 Å². The summed E-state index contributed by atoms with van der Waals surface area (Å²) in [5, 5.41) is 22.9. The Labute approximate surface area is 104 Å². The molecule has 0 aliphatic carbocycles. The summed E-state index contributed by atoms with van der Waals surface area (Å²) in [5.41, 5.74) is 0.663. The van der Waals surface area contributed by atoms with Gasteiger partial charge in [0.05, 0.1) is 4.92 Å². The van der Waals surface area contributed by atoms with Crippen LogP contribution in [0.3, 0.4) is 0 Å². The molecule has 6 heteroatoms. The van der Waals surface area contributed by atoms with Crippen LogP contribution in [0.1, 0.15) is 18.4 Å². The van der Waals surface area contributed by atoms with Gasteiger partial charge in [-0.3, -0.25) is 10.1 Å². The van der Waals surface area contributed by atoms with Crippen molar-refractivity contribution in [2.75, 3.05) is 18.5 Å². The molecule has 1 heterocycles. The Hall–Kier alpha value is -2.13. The second-order valence-corrected chi connectivity index (χ2v) is 4.13. The molecule has 0 radical (unpaired) electrons. The lowest BCUT2D eigenvalue weighted by Gasteiger charge is -2.24. The topological polar surface area (TPSA) is 88.2 Å². The molecule has 6 nitrogen and oxygen atoms in total. The van der Waals surface area contributed by atoms with Crippen LogP contribution in [0.5, 0.6) is 0 Å². The number of nitro groups is 1. The molecule has 0 bridgehead atoms. The van der Waals surface area contributed by atoms with E-state index in [9.17, 15) is 10.1 Å². The first-order valence-corrected chi connectivity index (χ1v) is 5.73. The Kier molecular flexibility index (Phi) is 3.75. The van der Waals surface area contributed by atoms with Gasteiger partial charge in [-0.25, -0.2) is 0 Å². The largest absolute Gasteiger partial charge is 0.382 e. The van der Waals surface area contributed by atoms with Gasteiger partial charge >= 0.3 is 0 Å². The zero-order chi connectivity index (χ0) is 13.0. The van der Waals surface area contributed by atoms with Gasteiger partial charge in [-0.1, -0.05) is 0 Å². The van der Waals surface area contributed by atoms with Crippen LogP contribution >= 0.6 is 0 Å². The summed E-state index contributed by atoms with van der Waals surface area (Å²) in [6.45, 7) is 1.44. The highest BCUT2D eigenvalue weighted by Gasteiger charge is 2.17. The summed E-state index contributed by atoms with van der Waals surface area (Å²) in [4.78, 5) is 10.2. The van der Waals surface area contributed by atoms with Gasteiger partial charge in [0.1, 0.15) is 11.6 Å². The highest BCUT2D eigenvalue weighted by Crippen LogP contribution is 2.23. The molecule has 0 spiro atoms. The van der Waals surface area contributed by atoms with Gasteiger partial charge in [-0.05, 0) is 25.0 Å². The lowest BCUT2D eigenvalue weighted by Crippen LogP contribution is -2.27. The summed E-state index contributed by atoms with van der Waals surface area (Å²) in [6, 6.07) is 6.66. The first-order chi connectivity index (χ1) is 8.70. The average Bonchev–Trinajstić information content (AvgIpc) is 2.39. The molecule has 1 fully saturated rings. The van der Waals surface area contributed by atoms with E-state index in [0.717, 1.165) is 31.7 Å². The molecule has 0 atom stereocenters. The van der Waals surface area contributed by atoms with Crippen LogP contribution in [0.25, 0.3) is 0 Å². The maximum atomic E-state index is 10.7. The molecule has 1 aliphatic heterocycles. The number of nitrogens with one attached hydrogen (secondary N) is 1. The van der Waals surface area contributed by atoms with Crippen molar-refractivity contribution in [2.24, 2.45) is 0 Å². The predicted octanol–water partition coefficient (Wildman–Crippen LogP) is 2.06. The van der Waals surface area contributed by atoms with E-state index in [0.29, 0.717) is 6.04 Å². The quantitative estimate of drug-likeness (QED) is 0.652. The fourth-order valence-electron chi connectivity index (χ4n) is 1.95.